The molecule has 0 aliphatic rings. The van der Waals surface area contributed by atoms with Gasteiger partial charge in [-0.2, -0.15) is 0 Å². The molecule has 3 rings (SSSR count). The van der Waals surface area contributed by atoms with Gasteiger partial charge in [0.25, 0.3) is 11.8 Å². The van der Waals surface area contributed by atoms with E-state index in [-0.39, 0.29) is 48.8 Å². The van der Waals surface area contributed by atoms with Gasteiger partial charge in [-0.1, -0.05) is 0 Å². The number of nitrogens with one attached hydrogen (secondary N) is 2. The Morgan fingerprint density at radius 2 is 1.07 bits per heavy atom. The highest BCUT2D eigenvalue weighted by atomic mass is 16.3. The van der Waals surface area contributed by atoms with Gasteiger partial charge in [0.2, 0.25) is 0 Å². The summed E-state index contributed by atoms with van der Waals surface area (Å²) in [5, 5.41) is 31.8. The Morgan fingerprint density at radius 3 is 1.40 bits per heavy atom. The number of hydrogen-bond acceptors (Lipinski definition) is 8. The van der Waals surface area contributed by atoms with Gasteiger partial charge in [-0.3, -0.25) is 19.6 Å². The molecular weight excluding hydrogens is 388 g/mol. The molecule has 0 unspecified atom stereocenters. The van der Waals surface area contributed by atoms with Crippen molar-refractivity contribution in [2.45, 2.75) is 0 Å². The number of amides is 2. The van der Waals surface area contributed by atoms with E-state index in [1.165, 1.54) is 24.8 Å². The largest absolute Gasteiger partial charge is 0.395 e. The molecule has 0 aliphatic carbocycles. The van der Waals surface area contributed by atoms with Crippen LogP contribution in [0.5, 0.6) is 0 Å². The predicted octanol–water partition coefficient (Wildman–Crippen LogP) is 0.0448. The highest BCUT2D eigenvalue weighted by Gasteiger charge is 2.28. The SMILES string of the molecule is O=C(NCCO)c1c(-c2ccncc2)nnc(-c2ccncc2)c1C(=O)NCCO. The van der Waals surface area contributed by atoms with Gasteiger partial charge in [0.05, 0.1) is 24.3 Å². The van der Waals surface area contributed by atoms with E-state index in [4.69, 9.17) is 10.2 Å². The Hall–Kier alpha value is -3.76. The normalized spacial score (nSPS) is 10.5. The third-order valence-electron chi connectivity index (χ3n) is 4.13. The van der Waals surface area contributed by atoms with Crippen molar-refractivity contribution in [1.82, 2.24) is 30.8 Å². The van der Waals surface area contributed by atoms with Crippen LogP contribution in [0, 0.1) is 0 Å². The molecule has 3 aromatic heterocycles. The number of aliphatic hydroxyl groups excluding tert-OH is 2. The molecule has 0 fully saturated rings. The van der Waals surface area contributed by atoms with Crippen LogP contribution in [-0.2, 0) is 0 Å². The maximum atomic E-state index is 13.0. The molecule has 30 heavy (non-hydrogen) atoms. The summed E-state index contributed by atoms with van der Waals surface area (Å²) in [4.78, 5) is 34.0. The fraction of sp³-hybridized carbons (Fsp3) is 0.200. The summed E-state index contributed by atoms with van der Waals surface area (Å²) in [5.74, 6) is -1.18. The maximum Gasteiger partial charge on any atom is 0.254 e. The number of hydrogen-bond donors (Lipinski definition) is 4. The molecule has 0 spiro atoms. The van der Waals surface area contributed by atoms with Crippen LogP contribution in [0.2, 0.25) is 0 Å². The van der Waals surface area contributed by atoms with Gasteiger partial charge in [-0.05, 0) is 24.3 Å². The molecule has 10 nitrogen and oxygen atoms in total. The van der Waals surface area contributed by atoms with E-state index in [1.54, 1.807) is 24.3 Å². The minimum absolute atomic E-state index is 0.000763. The van der Waals surface area contributed by atoms with Crippen molar-refractivity contribution in [2.24, 2.45) is 0 Å². The van der Waals surface area contributed by atoms with Gasteiger partial charge in [0, 0.05) is 49.0 Å². The maximum absolute atomic E-state index is 13.0. The summed E-state index contributed by atoms with van der Waals surface area (Å²) in [6.07, 6.45) is 6.15. The van der Waals surface area contributed by atoms with Gasteiger partial charge >= 0.3 is 0 Å². The molecule has 0 aliphatic heterocycles. The first-order valence-corrected chi connectivity index (χ1v) is 9.17. The van der Waals surface area contributed by atoms with Gasteiger partial charge in [0.15, 0.2) is 0 Å². The molecule has 0 atom stereocenters. The molecule has 154 valence electrons. The van der Waals surface area contributed by atoms with Crippen molar-refractivity contribution in [3.05, 3.63) is 60.2 Å². The van der Waals surface area contributed by atoms with Crippen LogP contribution in [0.1, 0.15) is 20.7 Å². The summed E-state index contributed by atoms with van der Waals surface area (Å²) >= 11 is 0. The number of aromatic nitrogens is 4. The molecule has 0 aromatic carbocycles. The first kappa shape index (κ1) is 21.0. The lowest BCUT2D eigenvalue weighted by Crippen LogP contribution is -2.33. The Balaban J connectivity index is 2.27. The topological polar surface area (TPSA) is 150 Å². The quantitative estimate of drug-likeness (QED) is 0.408. The van der Waals surface area contributed by atoms with Crippen LogP contribution in [0.15, 0.2) is 49.1 Å². The second-order valence-electron chi connectivity index (χ2n) is 6.08. The summed E-state index contributed by atoms with van der Waals surface area (Å²) < 4.78 is 0. The van der Waals surface area contributed by atoms with Crippen molar-refractivity contribution < 1.29 is 19.8 Å². The third kappa shape index (κ3) is 4.62. The predicted molar refractivity (Wildman–Crippen MR) is 107 cm³/mol. The van der Waals surface area contributed by atoms with Crippen LogP contribution < -0.4 is 10.6 Å². The molecular formula is C20H20N6O4. The number of nitrogens with zero attached hydrogens (tertiary/aromatic N) is 4. The zero-order chi connectivity index (χ0) is 21.3. The molecule has 10 heteroatoms. The van der Waals surface area contributed by atoms with E-state index in [9.17, 15) is 9.59 Å². The molecule has 3 aromatic rings. The number of aliphatic hydroxyl groups is 2. The average molecular weight is 408 g/mol. The molecule has 0 radical (unpaired) electrons. The molecule has 4 N–H and O–H groups in total. The third-order valence-corrected chi connectivity index (χ3v) is 4.13. The molecule has 0 bridgehead atoms. The van der Waals surface area contributed by atoms with E-state index in [1.807, 2.05) is 0 Å². The number of carbonyl (C=O) groups excluding carboxylic acids is 2. The van der Waals surface area contributed by atoms with Crippen molar-refractivity contribution in [1.29, 1.82) is 0 Å². The highest BCUT2D eigenvalue weighted by Crippen LogP contribution is 2.30. The highest BCUT2D eigenvalue weighted by molar-refractivity contribution is 6.13. The van der Waals surface area contributed by atoms with Crippen molar-refractivity contribution in [2.75, 3.05) is 26.3 Å². The lowest BCUT2D eigenvalue weighted by Gasteiger charge is -2.16. The van der Waals surface area contributed by atoms with E-state index < -0.39 is 11.8 Å². The van der Waals surface area contributed by atoms with E-state index in [0.717, 1.165) is 0 Å². The van der Waals surface area contributed by atoms with Gasteiger partial charge < -0.3 is 20.8 Å². The van der Waals surface area contributed by atoms with Crippen LogP contribution >= 0.6 is 0 Å². The Bertz CT molecular complexity index is 932. The second kappa shape index (κ2) is 10.1. The monoisotopic (exact) mass is 408 g/mol. The second-order valence-corrected chi connectivity index (χ2v) is 6.08. The standard InChI is InChI=1S/C20H20N6O4/c27-11-9-23-19(29)15-16(20(30)24-10-12-28)18(14-3-7-22-8-4-14)26-25-17(15)13-1-5-21-6-2-13/h1-8,27-28H,9-12H2,(H,23,29)(H,24,30). The zero-order valence-corrected chi connectivity index (χ0v) is 15.9. The van der Waals surface area contributed by atoms with Crippen molar-refractivity contribution in [3.63, 3.8) is 0 Å². The van der Waals surface area contributed by atoms with Gasteiger partial charge in [0.1, 0.15) is 11.4 Å². The average Bonchev–Trinajstić information content (AvgIpc) is 2.81. The van der Waals surface area contributed by atoms with E-state index >= 15 is 0 Å². The molecule has 0 saturated carbocycles. The van der Waals surface area contributed by atoms with Crippen molar-refractivity contribution in [3.8, 4) is 22.5 Å². The fourth-order valence-electron chi connectivity index (χ4n) is 2.82. The first-order chi connectivity index (χ1) is 14.7. The minimum Gasteiger partial charge on any atom is -0.395 e. The van der Waals surface area contributed by atoms with Gasteiger partial charge in [-0.15, -0.1) is 10.2 Å². The molecule has 3 heterocycles. The number of carbonyl (C=O) groups is 2. The summed E-state index contributed by atoms with van der Waals surface area (Å²) in [6, 6.07) is 6.59. The summed E-state index contributed by atoms with van der Waals surface area (Å²) in [5.41, 5.74) is 1.49. The smallest absolute Gasteiger partial charge is 0.254 e. The summed E-state index contributed by atoms with van der Waals surface area (Å²) in [7, 11) is 0. The minimum atomic E-state index is -0.588. The number of rotatable bonds is 8. The van der Waals surface area contributed by atoms with E-state index in [2.05, 4.69) is 30.8 Å². The van der Waals surface area contributed by atoms with Crippen LogP contribution in [-0.4, -0.2) is 68.5 Å². The van der Waals surface area contributed by atoms with Crippen LogP contribution in [0.3, 0.4) is 0 Å². The summed E-state index contributed by atoms with van der Waals surface area (Å²) in [6.45, 7) is -0.533. The van der Waals surface area contributed by atoms with Crippen molar-refractivity contribution >= 4 is 11.8 Å². The van der Waals surface area contributed by atoms with Crippen LogP contribution in [0.25, 0.3) is 22.5 Å². The zero-order valence-electron chi connectivity index (χ0n) is 15.9. The molecule has 0 saturated heterocycles. The Labute approximate surface area is 172 Å². The number of pyridine rings is 2. The van der Waals surface area contributed by atoms with E-state index in [0.29, 0.717) is 11.1 Å². The first-order valence-electron chi connectivity index (χ1n) is 9.17. The van der Waals surface area contributed by atoms with Gasteiger partial charge in [-0.25, -0.2) is 0 Å². The fourth-order valence-corrected chi connectivity index (χ4v) is 2.82. The van der Waals surface area contributed by atoms with Crippen LogP contribution in [0.4, 0.5) is 0 Å². The lowest BCUT2D eigenvalue weighted by atomic mass is 9.96. The Morgan fingerprint density at radius 1 is 0.700 bits per heavy atom. The lowest BCUT2D eigenvalue weighted by molar-refractivity contribution is 0.0911. The molecule has 2 amide bonds. The Kier molecular flexibility index (Phi) is 7.09.